The Bertz CT molecular complexity index is 786. The van der Waals surface area contributed by atoms with Crippen molar-refractivity contribution in [2.45, 2.75) is 31.7 Å². The van der Waals surface area contributed by atoms with Gasteiger partial charge in [-0.2, -0.15) is 13.2 Å². The van der Waals surface area contributed by atoms with Crippen molar-refractivity contribution in [3.8, 4) is 11.1 Å². The van der Waals surface area contributed by atoms with E-state index in [1.165, 1.54) is 0 Å². The first-order chi connectivity index (χ1) is 12.4. The minimum absolute atomic E-state index is 0.156. The van der Waals surface area contributed by atoms with Crippen LogP contribution in [0.15, 0.2) is 48.5 Å². The fourth-order valence-electron chi connectivity index (χ4n) is 3.99. The van der Waals surface area contributed by atoms with Crippen LogP contribution in [0.1, 0.15) is 17.5 Å². The topological polar surface area (TPSA) is 23.6 Å². The highest BCUT2D eigenvalue weighted by Gasteiger charge is 2.42. The zero-order valence-electron chi connectivity index (χ0n) is 14.2. The molecule has 6 heteroatoms. The van der Waals surface area contributed by atoms with E-state index >= 15 is 0 Å². The number of carbonyl (C=O) groups excluding carboxylic acids is 1. The molecule has 0 radical (unpaired) electrons. The minimum atomic E-state index is -4.36. The Kier molecular flexibility index (Phi) is 4.23. The Morgan fingerprint density at radius 2 is 1.46 bits per heavy atom. The zero-order valence-corrected chi connectivity index (χ0v) is 14.2. The van der Waals surface area contributed by atoms with Gasteiger partial charge in [0.1, 0.15) is 6.54 Å². The predicted molar refractivity (Wildman–Crippen MR) is 92.2 cm³/mol. The summed E-state index contributed by atoms with van der Waals surface area (Å²) in [5.74, 6) is -0.417. The van der Waals surface area contributed by atoms with Gasteiger partial charge in [-0.25, -0.2) is 0 Å². The number of carbonyl (C=O) groups is 1. The van der Waals surface area contributed by atoms with Crippen LogP contribution in [0.25, 0.3) is 11.1 Å². The molecule has 0 aliphatic carbocycles. The smallest absolute Gasteiger partial charge is 0.332 e. The van der Waals surface area contributed by atoms with Crippen LogP contribution in [0.4, 0.5) is 13.2 Å². The Morgan fingerprint density at radius 3 is 2.00 bits per heavy atom. The van der Waals surface area contributed by atoms with Crippen molar-refractivity contribution in [3.63, 3.8) is 0 Å². The highest BCUT2D eigenvalue weighted by molar-refractivity contribution is 5.84. The number of hydrogen-bond donors (Lipinski definition) is 0. The Labute approximate surface area is 150 Å². The number of amides is 1. The molecule has 4 rings (SSSR count). The molecule has 2 aliphatic heterocycles. The van der Waals surface area contributed by atoms with E-state index in [-0.39, 0.29) is 6.54 Å². The molecule has 0 saturated carbocycles. The van der Waals surface area contributed by atoms with E-state index in [4.69, 9.17) is 0 Å². The first-order valence-corrected chi connectivity index (χ1v) is 8.68. The highest BCUT2D eigenvalue weighted by Crippen LogP contribution is 2.35. The molecule has 0 unspecified atom stereocenters. The molecule has 1 amide bonds. The third-order valence-corrected chi connectivity index (χ3v) is 5.15. The van der Waals surface area contributed by atoms with Crippen LogP contribution in [0.5, 0.6) is 0 Å². The number of fused-ring (bicyclic) bond motifs is 3. The largest absolute Gasteiger partial charge is 0.406 e. The minimum Gasteiger partial charge on any atom is -0.332 e. The molecule has 2 aliphatic rings. The summed E-state index contributed by atoms with van der Waals surface area (Å²) in [5.41, 5.74) is 4.45. The van der Waals surface area contributed by atoms with E-state index < -0.39 is 24.7 Å². The van der Waals surface area contributed by atoms with Crippen LogP contribution in [0.2, 0.25) is 0 Å². The van der Waals surface area contributed by atoms with Crippen molar-refractivity contribution in [1.82, 2.24) is 9.80 Å². The molecule has 2 heterocycles. The van der Waals surface area contributed by atoms with Crippen molar-refractivity contribution in [2.24, 2.45) is 0 Å². The number of nitrogens with zero attached hydrogens (tertiary/aromatic N) is 2. The summed E-state index contributed by atoms with van der Waals surface area (Å²) in [4.78, 5) is 15.6. The van der Waals surface area contributed by atoms with E-state index in [1.54, 1.807) is 0 Å². The summed E-state index contributed by atoms with van der Waals surface area (Å²) < 4.78 is 38.1. The van der Waals surface area contributed by atoms with Crippen molar-refractivity contribution in [1.29, 1.82) is 0 Å². The van der Waals surface area contributed by atoms with E-state index in [2.05, 4.69) is 12.1 Å². The number of rotatable bonds is 2. The van der Waals surface area contributed by atoms with Gasteiger partial charge in [0.15, 0.2) is 0 Å². The molecule has 1 saturated heterocycles. The number of hydrogen-bond acceptors (Lipinski definition) is 2. The van der Waals surface area contributed by atoms with Crippen molar-refractivity contribution >= 4 is 5.91 Å². The number of halogens is 3. The standard InChI is InChI=1S/C20H19F3N2O/c21-20(22,23)13-24-10-9-18(19(24)26)25-11-14-5-1-3-7-16(14)17-8-4-2-6-15(17)12-25/h1-8,18H,9-13H2/t18-/m0/s1. The Hall–Kier alpha value is -2.34. The lowest BCUT2D eigenvalue weighted by molar-refractivity contribution is -0.159. The molecule has 1 fully saturated rings. The van der Waals surface area contributed by atoms with E-state index in [1.807, 2.05) is 41.3 Å². The lowest BCUT2D eigenvalue weighted by atomic mass is 9.97. The van der Waals surface area contributed by atoms with Crippen LogP contribution in [0.3, 0.4) is 0 Å². The fraction of sp³-hybridized carbons (Fsp3) is 0.350. The van der Waals surface area contributed by atoms with Gasteiger partial charge in [-0.1, -0.05) is 48.5 Å². The van der Waals surface area contributed by atoms with Gasteiger partial charge in [0.2, 0.25) is 5.91 Å². The first kappa shape index (κ1) is 17.1. The van der Waals surface area contributed by atoms with Crippen LogP contribution in [0, 0.1) is 0 Å². The van der Waals surface area contributed by atoms with E-state index in [9.17, 15) is 18.0 Å². The average Bonchev–Trinajstić information content (AvgIpc) is 2.86. The van der Waals surface area contributed by atoms with Crippen LogP contribution in [-0.2, 0) is 17.9 Å². The Balaban J connectivity index is 1.64. The van der Waals surface area contributed by atoms with Crippen molar-refractivity contribution < 1.29 is 18.0 Å². The van der Waals surface area contributed by atoms with Gasteiger partial charge in [0, 0.05) is 19.6 Å². The molecule has 2 aromatic carbocycles. The highest BCUT2D eigenvalue weighted by atomic mass is 19.4. The maximum Gasteiger partial charge on any atom is 0.406 e. The maximum atomic E-state index is 12.7. The molecular weight excluding hydrogens is 341 g/mol. The Morgan fingerprint density at radius 1 is 0.923 bits per heavy atom. The van der Waals surface area contributed by atoms with E-state index in [0.29, 0.717) is 19.5 Å². The summed E-state index contributed by atoms with van der Waals surface area (Å²) in [6.45, 7) is 0.106. The zero-order chi connectivity index (χ0) is 18.3. The summed E-state index contributed by atoms with van der Waals surface area (Å²) in [6.07, 6.45) is -3.93. The monoisotopic (exact) mass is 360 g/mol. The molecule has 136 valence electrons. The van der Waals surface area contributed by atoms with Gasteiger partial charge in [0.05, 0.1) is 6.04 Å². The summed E-state index contributed by atoms with van der Waals surface area (Å²) >= 11 is 0. The molecule has 0 N–H and O–H groups in total. The second-order valence-electron chi connectivity index (χ2n) is 6.90. The van der Waals surface area contributed by atoms with Gasteiger partial charge in [-0.05, 0) is 28.7 Å². The number of benzene rings is 2. The fourth-order valence-corrected chi connectivity index (χ4v) is 3.99. The maximum absolute atomic E-state index is 12.7. The van der Waals surface area contributed by atoms with Crippen molar-refractivity contribution in [2.75, 3.05) is 13.1 Å². The molecule has 0 spiro atoms. The lowest BCUT2D eigenvalue weighted by Gasteiger charge is -2.27. The normalized spacial score (nSPS) is 20.7. The van der Waals surface area contributed by atoms with Gasteiger partial charge in [-0.15, -0.1) is 0 Å². The molecule has 0 aromatic heterocycles. The summed E-state index contributed by atoms with van der Waals surface area (Å²) in [5, 5.41) is 0. The van der Waals surface area contributed by atoms with Crippen LogP contribution >= 0.6 is 0 Å². The van der Waals surface area contributed by atoms with Gasteiger partial charge >= 0.3 is 6.18 Å². The van der Waals surface area contributed by atoms with Crippen LogP contribution in [-0.4, -0.2) is 41.0 Å². The molecular formula is C20H19F3N2O. The third kappa shape index (κ3) is 3.21. The van der Waals surface area contributed by atoms with Gasteiger partial charge in [0.25, 0.3) is 0 Å². The van der Waals surface area contributed by atoms with E-state index in [0.717, 1.165) is 27.2 Å². The molecule has 2 aromatic rings. The lowest BCUT2D eigenvalue weighted by Crippen LogP contribution is -2.43. The van der Waals surface area contributed by atoms with Gasteiger partial charge in [-0.3, -0.25) is 9.69 Å². The predicted octanol–water partition coefficient (Wildman–Crippen LogP) is 3.83. The second kappa shape index (κ2) is 6.43. The van der Waals surface area contributed by atoms with Crippen LogP contribution < -0.4 is 0 Å². The van der Waals surface area contributed by atoms with Crippen molar-refractivity contribution in [3.05, 3.63) is 59.7 Å². The number of alkyl halides is 3. The van der Waals surface area contributed by atoms with Gasteiger partial charge < -0.3 is 4.90 Å². The second-order valence-corrected chi connectivity index (χ2v) is 6.90. The molecule has 0 bridgehead atoms. The average molecular weight is 360 g/mol. The summed E-state index contributed by atoms with van der Waals surface area (Å²) in [6, 6.07) is 15.5. The SMILES string of the molecule is O=C1[C@@H](N2Cc3ccccc3-c3ccccc3C2)CCN1CC(F)(F)F. The summed E-state index contributed by atoms with van der Waals surface area (Å²) in [7, 11) is 0. The molecule has 26 heavy (non-hydrogen) atoms. The third-order valence-electron chi connectivity index (χ3n) is 5.15. The molecule has 1 atom stereocenters. The quantitative estimate of drug-likeness (QED) is 0.813. The first-order valence-electron chi connectivity index (χ1n) is 8.68. The molecule has 3 nitrogen and oxygen atoms in total. The number of likely N-dealkylation sites (tertiary alicyclic amines) is 1.